The molecule has 4 rings (SSSR count). The topological polar surface area (TPSA) is 63.7 Å². The van der Waals surface area contributed by atoms with Crippen molar-refractivity contribution in [2.75, 3.05) is 32.8 Å². The number of halogens is 2. The number of nitrogens with zero attached hydrogens (tertiary/aromatic N) is 2. The van der Waals surface area contributed by atoms with Crippen LogP contribution >= 0.6 is 36.2 Å². The van der Waals surface area contributed by atoms with Crippen LogP contribution in [0, 0.1) is 0 Å². The second-order valence-corrected chi connectivity index (χ2v) is 7.73. The summed E-state index contributed by atoms with van der Waals surface area (Å²) in [5.74, 6) is 1.55. The highest BCUT2D eigenvalue weighted by molar-refractivity contribution is 7.13. The molecule has 2 aliphatic rings. The molecule has 0 spiro atoms. The molecule has 1 fully saturated rings. The third-order valence-electron chi connectivity index (χ3n) is 4.99. The molecule has 0 saturated carbocycles. The monoisotopic (exact) mass is 459 g/mol. The summed E-state index contributed by atoms with van der Waals surface area (Å²) in [7, 11) is 0. The van der Waals surface area contributed by atoms with E-state index in [4.69, 9.17) is 9.47 Å². The van der Waals surface area contributed by atoms with Crippen LogP contribution in [0.25, 0.3) is 10.6 Å². The number of carbonyl (C=O) groups is 1. The van der Waals surface area contributed by atoms with Crippen LogP contribution in [0.15, 0.2) is 23.6 Å². The number of thiazole rings is 1. The van der Waals surface area contributed by atoms with Gasteiger partial charge in [-0.25, -0.2) is 4.98 Å². The van der Waals surface area contributed by atoms with Gasteiger partial charge < -0.3 is 19.7 Å². The third-order valence-corrected chi connectivity index (χ3v) is 5.88. The van der Waals surface area contributed by atoms with Crippen molar-refractivity contribution in [3.8, 4) is 22.1 Å². The van der Waals surface area contributed by atoms with Gasteiger partial charge in [-0.15, -0.1) is 36.2 Å². The van der Waals surface area contributed by atoms with E-state index in [9.17, 15) is 4.79 Å². The first kappa shape index (κ1) is 23.7. The summed E-state index contributed by atoms with van der Waals surface area (Å²) in [4.78, 5) is 19.8. The standard InChI is InChI=1S/C20H25N3O3S.2ClH/c1-2-9-23(15-5-7-21-8-6-15)20(24)16-13-27-19(22-16)14-3-4-17-18(12-14)26-11-10-25-17;;/h3-4,12-13,15,21H,2,5-11H2,1H3;2*1H. The van der Waals surface area contributed by atoms with Gasteiger partial charge >= 0.3 is 0 Å². The number of piperidine rings is 1. The van der Waals surface area contributed by atoms with Crippen molar-refractivity contribution in [3.63, 3.8) is 0 Å². The predicted molar refractivity (Wildman–Crippen MR) is 120 cm³/mol. The van der Waals surface area contributed by atoms with Crippen LogP contribution in [-0.2, 0) is 0 Å². The van der Waals surface area contributed by atoms with Crippen molar-refractivity contribution in [3.05, 3.63) is 29.3 Å². The van der Waals surface area contributed by atoms with E-state index in [-0.39, 0.29) is 30.7 Å². The highest BCUT2D eigenvalue weighted by Crippen LogP contribution is 2.35. The Labute approximate surface area is 187 Å². The van der Waals surface area contributed by atoms with Gasteiger partial charge in [0.15, 0.2) is 11.5 Å². The van der Waals surface area contributed by atoms with Crippen molar-refractivity contribution < 1.29 is 14.3 Å². The number of aromatic nitrogens is 1. The average molecular weight is 460 g/mol. The summed E-state index contributed by atoms with van der Waals surface area (Å²) in [5.41, 5.74) is 1.49. The molecule has 2 aliphatic heterocycles. The van der Waals surface area contributed by atoms with Gasteiger partial charge in [0.25, 0.3) is 5.91 Å². The molecule has 0 radical (unpaired) electrons. The zero-order valence-corrected chi connectivity index (χ0v) is 18.8. The lowest BCUT2D eigenvalue weighted by Crippen LogP contribution is -2.46. The molecule has 3 heterocycles. The highest BCUT2D eigenvalue weighted by Gasteiger charge is 2.27. The summed E-state index contributed by atoms with van der Waals surface area (Å²) in [6.45, 7) is 5.96. The second-order valence-electron chi connectivity index (χ2n) is 6.88. The van der Waals surface area contributed by atoms with Crippen LogP contribution in [0.3, 0.4) is 0 Å². The first-order chi connectivity index (χ1) is 13.3. The Morgan fingerprint density at radius 3 is 2.66 bits per heavy atom. The fourth-order valence-corrected chi connectivity index (χ4v) is 4.43. The van der Waals surface area contributed by atoms with E-state index in [0.29, 0.717) is 24.9 Å². The van der Waals surface area contributed by atoms with Gasteiger partial charge in [-0.05, 0) is 50.6 Å². The predicted octanol–water partition coefficient (Wildman–Crippen LogP) is 4.03. The van der Waals surface area contributed by atoms with E-state index in [0.717, 1.165) is 61.0 Å². The Morgan fingerprint density at radius 2 is 1.93 bits per heavy atom. The SMILES string of the molecule is CCCN(C(=O)c1csc(-c2ccc3c(c2)OCCO3)n1)C1CCNCC1.Cl.Cl. The molecule has 160 valence electrons. The van der Waals surface area contributed by atoms with Gasteiger partial charge in [0.05, 0.1) is 0 Å². The molecule has 2 aromatic rings. The summed E-state index contributed by atoms with van der Waals surface area (Å²) in [5, 5.41) is 6.07. The lowest BCUT2D eigenvalue weighted by molar-refractivity contribution is 0.0637. The van der Waals surface area contributed by atoms with Crippen LogP contribution in [-0.4, -0.2) is 54.7 Å². The molecule has 1 amide bonds. The second kappa shape index (κ2) is 11.0. The Hall–Kier alpha value is -1.54. The maximum absolute atomic E-state index is 13.1. The number of hydrogen-bond donors (Lipinski definition) is 1. The molecule has 1 aromatic heterocycles. The normalized spacial score (nSPS) is 15.8. The van der Waals surface area contributed by atoms with Gasteiger partial charge in [0, 0.05) is 23.5 Å². The number of fused-ring (bicyclic) bond motifs is 1. The Kier molecular flexibility index (Phi) is 9.02. The third kappa shape index (κ3) is 5.34. The minimum absolute atomic E-state index is 0. The zero-order valence-electron chi connectivity index (χ0n) is 16.4. The highest BCUT2D eigenvalue weighted by atomic mass is 35.5. The summed E-state index contributed by atoms with van der Waals surface area (Å²) < 4.78 is 11.2. The van der Waals surface area contributed by atoms with Gasteiger partial charge in [-0.3, -0.25) is 4.79 Å². The molecular weight excluding hydrogens is 433 g/mol. The fraction of sp³-hybridized carbons (Fsp3) is 0.500. The summed E-state index contributed by atoms with van der Waals surface area (Å²) in [6.07, 6.45) is 2.96. The van der Waals surface area contributed by atoms with Crippen molar-refractivity contribution >= 4 is 42.1 Å². The van der Waals surface area contributed by atoms with Crippen LogP contribution in [0.1, 0.15) is 36.7 Å². The largest absolute Gasteiger partial charge is 0.486 e. The Bertz CT molecular complexity index is 812. The number of carbonyl (C=O) groups excluding carboxylic acids is 1. The maximum Gasteiger partial charge on any atom is 0.273 e. The number of ether oxygens (including phenoxy) is 2. The van der Waals surface area contributed by atoms with E-state index in [1.54, 1.807) is 0 Å². The van der Waals surface area contributed by atoms with Crippen molar-refractivity contribution in [1.82, 2.24) is 15.2 Å². The lowest BCUT2D eigenvalue weighted by atomic mass is 10.0. The van der Waals surface area contributed by atoms with Crippen molar-refractivity contribution in [2.24, 2.45) is 0 Å². The number of nitrogens with one attached hydrogen (secondary N) is 1. The van der Waals surface area contributed by atoms with Crippen LogP contribution in [0.4, 0.5) is 0 Å². The van der Waals surface area contributed by atoms with Gasteiger partial charge in [-0.1, -0.05) is 6.92 Å². The number of hydrogen-bond acceptors (Lipinski definition) is 6. The van der Waals surface area contributed by atoms with E-state index in [1.165, 1.54) is 11.3 Å². The van der Waals surface area contributed by atoms with E-state index >= 15 is 0 Å². The fourth-order valence-electron chi connectivity index (χ4n) is 3.64. The smallest absolute Gasteiger partial charge is 0.273 e. The Balaban J connectivity index is 0.00000150. The van der Waals surface area contributed by atoms with Crippen LogP contribution in [0.5, 0.6) is 11.5 Å². The van der Waals surface area contributed by atoms with E-state index in [1.807, 2.05) is 28.5 Å². The number of rotatable bonds is 5. The molecule has 1 saturated heterocycles. The molecule has 0 aliphatic carbocycles. The minimum Gasteiger partial charge on any atom is -0.486 e. The number of amides is 1. The first-order valence-corrected chi connectivity index (χ1v) is 10.5. The summed E-state index contributed by atoms with van der Waals surface area (Å²) in [6, 6.07) is 6.12. The minimum atomic E-state index is 0. The zero-order chi connectivity index (χ0) is 18.6. The Morgan fingerprint density at radius 1 is 1.21 bits per heavy atom. The van der Waals surface area contributed by atoms with Crippen LogP contribution < -0.4 is 14.8 Å². The molecule has 1 aromatic carbocycles. The van der Waals surface area contributed by atoms with Crippen molar-refractivity contribution in [1.29, 1.82) is 0 Å². The lowest BCUT2D eigenvalue weighted by Gasteiger charge is -2.34. The number of benzene rings is 1. The molecular formula is C20H27Cl2N3O3S. The van der Waals surface area contributed by atoms with Gasteiger partial charge in [0.2, 0.25) is 0 Å². The van der Waals surface area contributed by atoms with E-state index < -0.39 is 0 Å². The van der Waals surface area contributed by atoms with Gasteiger partial charge in [0.1, 0.15) is 23.9 Å². The van der Waals surface area contributed by atoms with Crippen molar-refractivity contribution in [2.45, 2.75) is 32.2 Å². The molecule has 0 unspecified atom stereocenters. The first-order valence-electron chi connectivity index (χ1n) is 9.63. The molecule has 6 nitrogen and oxygen atoms in total. The molecule has 9 heteroatoms. The molecule has 0 bridgehead atoms. The van der Waals surface area contributed by atoms with Crippen LogP contribution in [0.2, 0.25) is 0 Å². The molecule has 1 N–H and O–H groups in total. The van der Waals surface area contributed by atoms with Gasteiger partial charge in [-0.2, -0.15) is 0 Å². The molecule has 29 heavy (non-hydrogen) atoms. The van der Waals surface area contributed by atoms with E-state index in [2.05, 4.69) is 17.2 Å². The average Bonchev–Trinajstić information content (AvgIpc) is 3.22. The molecule has 0 atom stereocenters. The summed E-state index contributed by atoms with van der Waals surface area (Å²) >= 11 is 1.50. The maximum atomic E-state index is 13.1. The quantitative estimate of drug-likeness (QED) is 0.730.